The fourth-order valence-corrected chi connectivity index (χ4v) is 2.96. The van der Waals surface area contributed by atoms with Crippen molar-refractivity contribution < 1.29 is 14.3 Å². The molecule has 0 spiro atoms. The van der Waals surface area contributed by atoms with E-state index in [4.69, 9.17) is 15.2 Å². The molecule has 0 radical (unpaired) electrons. The molecule has 19 heavy (non-hydrogen) atoms. The Morgan fingerprint density at radius 2 is 2.16 bits per heavy atom. The molecule has 1 aliphatic heterocycles. The van der Waals surface area contributed by atoms with E-state index in [1.807, 2.05) is 7.05 Å². The molecule has 0 aromatic carbocycles. The molecule has 110 valence electrons. The molecule has 0 bridgehead atoms. The third-order valence-electron chi connectivity index (χ3n) is 4.19. The number of carbonyl (C=O) groups is 1. The highest BCUT2D eigenvalue weighted by Gasteiger charge is 2.49. The molecule has 0 amide bonds. The van der Waals surface area contributed by atoms with Crippen LogP contribution in [0.4, 0.5) is 0 Å². The summed E-state index contributed by atoms with van der Waals surface area (Å²) >= 11 is 0. The Labute approximate surface area is 115 Å². The number of rotatable bonds is 6. The van der Waals surface area contributed by atoms with E-state index >= 15 is 0 Å². The van der Waals surface area contributed by atoms with Crippen LogP contribution in [0, 0.1) is 5.92 Å². The lowest BCUT2D eigenvalue weighted by atomic mass is 9.93. The van der Waals surface area contributed by atoms with Crippen molar-refractivity contribution in [3.63, 3.8) is 0 Å². The van der Waals surface area contributed by atoms with Crippen LogP contribution in [0.3, 0.4) is 0 Å². The third kappa shape index (κ3) is 3.68. The Morgan fingerprint density at radius 1 is 1.42 bits per heavy atom. The van der Waals surface area contributed by atoms with Gasteiger partial charge in [0.2, 0.25) is 0 Å². The SMILES string of the molecule is COC(=O)C(N)(CN(C)CC1CCCCO1)C1CC1. The smallest absolute Gasteiger partial charge is 0.327 e. The topological polar surface area (TPSA) is 64.8 Å². The molecular weight excluding hydrogens is 244 g/mol. The van der Waals surface area contributed by atoms with Crippen LogP contribution in [-0.2, 0) is 14.3 Å². The first-order valence-electron chi connectivity index (χ1n) is 7.23. The van der Waals surface area contributed by atoms with Gasteiger partial charge in [0.25, 0.3) is 0 Å². The molecule has 0 aromatic heterocycles. The van der Waals surface area contributed by atoms with Crippen LogP contribution in [0.1, 0.15) is 32.1 Å². The maximum atomic E-state index is 11.9. The number of nitrogens with zero attached hydrogens (tertiary/aromatic N) is 1. The number of hydrogen-bond acceptors (Lipinski definition) is 5. The van der Waals surface area contributed by atoms with Crippen LogP contribution in [0.15, 0.2) is 0 Å². The van der Waals surface area contributed by atoms with E-state index in [2.05, 4.69) is 4.90 Å². The second-order valence-corrected chi connectivity index (χ2v) is 5.99. The van der Waals surface area contributed by atoms with Crippen molar-refractivity contribution in [2.75, 3.05) is 33.9 Å². The van der Waals surface area contributed by atoms with Gasteiger partial charge in [-0.25, -0.2) is 0 Å². The lowest BCUT2D eigenvalue weighted by Gasteiger charge is -2.34. The van der Waals surface area contributed by atoms with Gasteiger partial charge >= 0.3 is 5.97 Å². The summed E-state index contributed by atoms with van der Waals surface area (Å²) in [4.78, 5) is 14.1. The highest BCUT2D eigenvalue weighted by molar-refractivity contribution is 5.81. The average Bonchev–Trinajstić information content (AvgIpc) is 3.23. The molecule has 1 saturated heterocycles. The minimum Gasteiger partial charge on any atom is -0.468 e. The van der Waals surface area contributed by atoms with Crippen LogP contribution >= 0.6 is 0 Å². The monoisotopic (exact) mass is 270 g/mol. The Hall–Kier alpha value is -0.650. The number of likely N-dealkylation sites (N-methyl/N-ethyl adjacent to an activating group) is 1. The van der Waals surface area contributed by atoms with E-state index in [1.54, 1.807) is 0 Å². The number of nitrogens with two attached hydrogens (primary N) is 1. The average molecular weight is 270 g/mol. The minimum absolute atomic E-state index is 0.273. The van der Waals surface area contributed by atoms with Gasteiger partial charge in [-0.2, -0.15) is 0 Å². The van der Waals surface area contributed by atoms with E-state index in [0.717, 1.165) is 38.8 Å². The van der Waals surface area contributed by atoms with Gasteiger partial charge in [-0.3, -0.25) is 4.79 Å². The van der Waals surface area contributed by atoms with E-state index in [-0.39, 0.29) is 18.0 Å². The van der Waals surface area contributed by atoms with Crippen molar-refractivity contribution >= 4 is 5.97 Å². The summed E-state index contributed by atoms with van der Waals surface area (Å²) in [6.45, 7) is 2.23. The molecule has 1 aliphatic carbocycles. The van der Waals surface area contributed by atoms with Crippen molar-refractivity contribution in [1.82, 2.24) is 4.90 Å². The number of ether oxygens (including phenoxy) is 2. The van der Waals surface area contributed by atoms with Crippen molar-refractivity contribution in [1.29, 1.82) is 0 Å². The van der Waals surface area contributed by atoms with Gasteiger partial charge in [-0.15, -0.1) is 0 Å². The molecule has 2 N–H and O–H groups in total. The fraction of sp³-hybridized carbons (Fsp3) is 0.929. The number of methoxy groups -OCH3 is 1. The second-order valence-electron chi connectivity index (χ2n) is 5.99. The summed E-state index contributed by atoms with van der Waals surface area (Å²) in [6.07, 6.45) is 5.82. The van der Waals surface area contributed by atoms with Gasteiger partial charge in [-0.05, 0) is 45.1 Å². The molecule has 2 rings (SSSR count). The molecule has 0 aromatic rings. The Morgan fingerprint density at radius 3 is 2.68 bits per heavy atom. The van der Waals surface area contributed by atoms with Crippen molar-refractivity contribution in [3.05, 3.63) is 0 Å². The summed E-state index contributed by atoms with van der Waals surface area (Å²) < 4.78 is 10.6. The maximum Gasteiger partial charge on any atom is 0.327 e. The molecular formula is C14H26N2O3. The van der Waals surface area contributed by atoms with Crippen LogP contribution < -0.4 is 5.73 Å². The summed E-state index contributed by atoms with van der Waals surface area (Å²) in [6, 6.07) is 0. The molecule has 2 aliphatic rings. The standard InChI is InChI=1S/C14H26N2O3/c1-16(9-12-5-3-4-8-19-12)10-14(15,11-6-7-11)13(17)18-2/h11-12H,3-10,15H2,1-2H3. The summed E-state index contributed by atoms with van der Waals surface area (Å²) in [5, 5.41) is 0. The predicted octanol–water partition coefficient (Wildman–Crippen LogP) is 0.768. The van der Waals surface area contributed by atoms with Gasteiger partial charge < -0.3 is 20.1 Å². The molecule has 2 atom stereocenters. The van der Waals surface area contributed by atoms with Gasteiger partial charge in [0.1, 0.15) is 5.54 Å². The van der Waals surface area contributed by atoms with E-state index in [1.165, 1.54) is 13.5 Å². The van der Waals surface area contributed by atoms with Crippen LogP contribution in [0.2, 0.25) is 0 Å². The zero-order valence-electron chi connectivity index (χ0n) is 12.1. The van der Waals surface area contributed by atoms with E-state index in [9.17, 15) is 4.79 Å². The number of esters is 1. The van der Waals surface area contributed by atoms with Gasteiger partial charge in [0, 0.05) is 19.7 Å². The van der Waals surface area contributed by atoms with Crippen molar-refractivity contribution in [2.45, 2.75) is 43.7 Å². The van der Waals surface area contributed by atoms with Crippen LogP contribution in [0.5, 0.6) is 0 Å². The molecule has 1 heterocycles. The zero-order valence-corrected chi connectivity index (χ0v) is 12.1. The zero-order chi connectivity index (χ0) is 13.9. The molecule has 2 fully saturated rings. The first-order chi connectivity index (χ1) is 9.06. The molecule has 5 nitrogen and oxygen atoms in total. The molecule has 5 heteroatoms. The second kappa shape index (κ2) is 6.20. The highest BCUT2D eigenvalue weighted by atomic mass is 16.5. The lowest BCUT2D eigenvalue weighted by molar-refractivity contribution is -0.149. The Bertz CT molecular complexity index is 314. The van der Waals surface area contributed by atoms with Crippen LogP contribution in [-0.4, -0.2) is 56.4 Å². The van der Waals surface area contributed by atoms with Crippen molar-refractivity contribution in [3.8, 4) is 0 Å². The predicted molar refractivity (Wildman–Crippen MR) is 72.7 cm³/mol. The van der Waals surface area contributed by atoms with Crippen molar-refractivity contribution in [2.24, 2.45) is 11.7 Å². The third-order valence-corrected chi connectivity index (χ3v) is 4.19. The minimum atomic E-state index is -0.849. The van der Waals surface area contributed by atoms with Gasteiger partial charge in [0.05, 0.1) is 13.2 Å². The fourth-order valence-electron chi connectivity index (χ4n) is 2.96. The summed E-state index contributed by atoms with van der Waals surface area (Å²) in [5.74, 6) is -0.0129. The van der Waals surface area contributed by atoms with E-state index in [0.29, 0.717) is 6.54 Å². The first-order valence-corrected chi connectivity index (χ1v) is 7.23. The van der Waals surface area contributed by atoms with Gasteiger partial charge in [0.15, 0.2) is 0 Å². The molecule has 1 saturated carbocycles. The quantitative estimate of drug-likeness (QED) is 0.722. The highest BCUT2D eigenvalue weighted by Crippen LogP contribution is 2.39. The first kappa shape index (κ1) is 14.8. The maximum absolute atomic E-state index is 11.9. The number of carbonyl (C=O) groups excluding carboxylic acids is 1. The molecule has 2 unspecified atom stereocenters. The van der Waals surface area contributed by atoms with E-state index < -0.39 is 5.54 Å². The largest absolute Gasteiger partial charge is 0.468 e. The lowest BCUT2D eigenvalue weighted by Crippen LogP contribution is -2.58. The summed E-state index contributed by atoms with van der Waals surface area (Å²) in [5.41, 5.74) is 5.46. The Balaban J connectivity index is 1.87. The normalized spacial score (nSPS) is 27.1. The Kier molecular flexibility index (Phi) is 4.81. The number of hydrogen-bond donors (Lipinski definition) is 1. The van der Waals surface area contributed by atoms with Crippen LogP contribution in [0.25, 0.3) is 0 Å². The van der Waals surface area contributed by atoms with Gasteiger partial charge in [-0.1, -0.05) is 0 Å². The summed E-state index contributed by atoms with van der Waals surface area (Å²) in [7, 11) is 3.42.